The average Bonchev–Trinajstić information content (AvgIpc) is 3.04. The zero-order valence-corrected chi connectivity index (χ0v) is 13.2. The summed E-state index contributed by atoms with van der Waals surface area (Å²) in [6.07, 6.45) is 2.79. The summed E-state index contributed by atoms with van der Waals surface area (Å²) in [6.45, 7) is 0.328. The van der Waals surface area contributed by atoms with Gasteiger partial charge in [0.15, 0.2) is 0 Å². The predicted molar refractivity (Wildman–Crippen MR) is 85.7 cm³/mol. The van der Waals surface area contributed by atoms with Crippen LogP contribution in [-0.2, 0) is 21.4 Å². The third kappa shape index (κ3) is 4.70. The van der Waals surface area contributed by atoms with E-state index in [0.29, 0.717) is 18.0 Å². The number of hydrogen-bond donors (Lipinski definition) is 3. The second-order valence-electron chi connectivity index (χ2n) is 4.65. The quantitative estimate of drug-likeness (QED) is 0.528. The van der Waals surface area contributed by atoms with Crippen LogP contribution in [0.25, 0.3) is 0 Å². The molecule has 1 heterocycles. The van der Waals surface area contributed by atoms with E-state index in [2.05, 4.69) is 10.6 Å². The first-order valence-corrected chi connectivity index (χ1v) is 8.25. The van der Waals surface area contributed by atoms with Crippen LogP contribution in [0.5, 0.6) is 0 Å². The van der Waals surface area contributed by atoms with Crippen molar-refractivity contribution in [2.75, 3.05) is 5.32 Å². The van der Waals surface area contributed by atoms with Gasteiger partial charge in [0.2, 0.25) is 10.0 Å². The molecule has 0 bridgehead atoms. The summed E-state index contributed by atoms with van der Waals surface area (Å²) in [4.78, 5) is 11.9. The fourth-order valence-electron chi connectivity index (χ4n) is 1.74. The number of nitrogens with one attached hydrogen (secondary N) is 2. The predicted octanol–water partition coefficient (Wildman–Crippen LogP) is 1.06. The number of carbonyl (C=O) groups excluding carboxylic acids is 1. The summed E-state index contributed by atoms with van der Waals surface area (Å²) in [6, 6.07) is 10.5. The van der Waals surface area contributed by atoms with E-state index >= 15 is 0 Å². The number of nitrogens with zero attached hydrogens (tertiary/aromatic N) is 1. The lowest BCUT2D eigenvalue weighted by molar-refractivity contribution is -0.112. The molecule has 1 amide bonds. The highest BCUT2D eigenvalue weighted by molar-refractivity contribution is 7.89. The maximum absolute atomic E-state index is 12.0. The van der Waals surface area contributed by atoms with Gasteiger partial charge < -0.3 is 15.1 Å². The van der Waals surface area contributed by atoms with Gasteiger partial charge in [-0.25, -0.2) is 13.6 Å². The van der Waals surface area contributed by atoms with Gasteiger partial charge in [-0.3, -0.25) is 4.79 Å². The fraction of sp³-hybridized carbons (Fsp3) is 0.0667. The van der Waals surface area contributed by atoms with Crippen LogP contribution in [0.3, 0.4) is 0 Å². The van der Waals surface area contributed by atoms with Gasteiger partial charge in [-0.1, -0.05) is 0 Å². The number of carbonyl (C=O) groups is 1. The average molecular weight is 346 g/mol. The van der Waals surface area contributed by atoms with Crippen molar-refractivity contribution < 1.29 is 17.6 Å². The van der Waals surface area contributed by atoms with E-state index in [0.717, 1.165) is 0 Å². The van der Waals surface area contributed by atoms with Crippen LogP contribution in [0.4, 0.5) is 5.69 Å². The molecule has 0 aliphatic rings. The molecule has 8 nitrogen and oxygen atoms in total. The van der Waals surface area contributed by atoms with E-state index < -0.39 is 15.9 Å². The van der Waals surface area contributed by atoms with E-state index in [1.807, 2.05) is 0 Å². The van der Waals surface area contributed by atoms with E-state index in [4.69, 9.17) is 14.8 Å². The minimum atomic E-state index is -3.80. The lowest BCUT2D eigenvalue weighted by atomic mass is 10.2. The van der Waals surface area contributed by atoms with E-state index in [1.54, 1.807) is 18.2 Å². The summed E-state index contributed by atoms with van der Waals surface area (Å²) in [5.41, 5.74) is 0.191. The molecule has 0 unspecified atom stereocenters. The van der Waals surface area contributed by atoms with Gasteiger partial charge in [0.1, 0.15) is 17.4 Å². The van der Waals surface area contributed by atoms with Gasteiger partial charge in [0.05, 0.1) is 17.7 Å². The van der Waals surface area contributed by atoms with Gasteiger partial charge in [0, 0.05) is 11.9 Å². The largest absolute Gasteiger partial charge is 0.467 e. The number of sulfonamides is 1. The third-order valence-electron chi connectivity index (χ3n) is 2.91. The van der Waals surface area contributed by atoms with Gasteiger partial charge >= 0.3 is 0 Å². The molecular formula is C15H14N4O4S. The Morgan fingerprint density at radius 3 is 2.54 bits per heavy atom. The number of hydrogen-bond acceptors (Lipinski definition) is 6. The Morgan fingerprint density at radius 2 is 2.00 bits per heavy atom. The van der Waals surface area contributed by atoms with Crippen LogP contribution in [0.2, 0.25) is 0 Å². The van der Waals surface area contributed by atoms with Crippen molar-refractivity contribution in [3.8, 4) is 6.07 Å². The molecule has 1 aromatic carbocycles. The van der Waals surface area contributed by atoms with E-state index in [9.17, 15) is 13.2 Å². The standard InChI is InChI=1S/C15H14N4O4S/c16-8-11(9-18-10-13-2-1-7-23-13)15(20)19-12-3-5-14(6-4-12)24(17,21)22/h1-7,9,18H,10H2,(H,19,20)(H2,17,21,22)/b11-9-. The number of furan rings is 1. The Balaban J connectivity index is 2.00. The number of nitrogens with two attached hydrogens (primary N) is 1. The molecular weight excluding hydrogens is 332 g/mol. The van der Waals surface area contributed by atoms with Crippen LogP contribution in [0.15, 0.2) is 63.7 Å². The minimum Gasteiger partial charge on any atom is -0.467 e. The van der Waals surface area contributed by atoms with E-state index in [-0.39, 0.29) is 10.5 Å². The maximum Gasteiger partial charge on any atom is 0.267 e. The second kappa shape index (κ2) is 7.45. The number of primary sulfonamides is 1. The summed E-state index contributed by atoms with van der Waals surface area (Å²) in [7, 11) is -3.80. The van der Waals surface area contributed by atoms with Crippen molar-refractivity contribution in [3.05, 3.63) is 60.2 Å². The Kier molecular flexibility index (Phi) is 5.36. The molecule has 24 heavy (non-hydrogen) atoms. The Hall–Kier alpha value is -3.09. The topological polar surface area (TPSA) is 138 Å². The molecule has 0 aliphatic carbocycles. The highest BCUT2D eigenvalue weighted by atomic mass is 32.2. The molecule has 0 atom stereocenters. The maximum atomic E-state index is 12.0. The van der Waals surface area contributed by atoms with Crippen molar-refractivity contribution in [2.45, 2.75) is 11.4 Å². The summed E-state index contributed by atoms with van der Waals surface area (Å²) >= 11 is 0. The molecule has 2 rings (SSSR count). The number of rotatable bonds is 6. The van der Waals surface area contributed by atoms with Crippen molar-refractivity contribution in [3.63, 3.8) is 0 Å². The number of amides is 1. The van der Waals surface area contributed by atoms with Crippen LogP contribution < -0.4 is 15.8 Å². The highest BCUT2D eigenvalue weighted by Crippen LogP contribution is 2.13. The molecule has 4 N–H and O–H groups in total. The molecule has 0 saturated carbocycles. The SMILES string of the molecule is N#C/C(=C/NCc1ccco1)C(=O)Nc1ccc(S(N)(=O)=O)cc1. The number of nitriles is 1. The summed E-state index contributed by atoms with van der Waals surface area (Å²) in [5, 5.41) is 19.3. The van der Waals surface area contributed by atoms with Crippen LogP contribution in [0.1, 0.15) is 5.76 Å². The lowest BCUT2D eigenvalue weighted by Gasteiger charge is -2.05. The molecule has 2 aromatic rings. The van der Waals surface area contributed by atoms with Crippen LogP contribution >= 0.6 is 0 Å². The van der Waals surface area contributed by atoms with Crippen molar-refractivity contribution >= 4 is 21.6 Å². The molecule has 0 radical (unpaired) electrons. The zero-order chi connectivity index (χ0) is 17.6. The zero-order valence-electron chi connectivity index (χ0n) is 12.4. The molecule has 9 heteroatoms. The van der Waals surface area contributed by atoms with Gasteiger partial charge in [0.25, 0.3) is 5.91 Å². The Bertz CT molecular complexity index is 879. The highest BCUT2D eigenvalue weighted by Gasteiger charge is 2.11. The van der Waals surface area contributed by atoms with Crippen LogP contribution in [-0.4, -0.2) is 14.3 Å². The monoisotopic (exact) mass is 346 g/mol. The normalized spacial score (nSPS) is 11.6. The summed E-state index contributed by atoms with van der Waals surface area (Å²) in [5.74, 6) is 0.0235. The second-order valence-corrected chi connectivity index (χ2v) is 6.22. The van der Waals surface area contributed by atoms with Crippen molar-refractivity contribution in [1.82, 2.24) is 5.32 Å². The minimum absolute atomic E-state index is 0.0725. The molecule has 1 aromatic heterocycles. The Labute approximate surface area is 138 Å². The van der Waals surface area contributed by atoms with Crippen LogP contribution in [0, 0.1) is 11.3 Å². The Morgan fingerprint density at radius 1 is 1.29 bits per heavy atom. The van der Waals surface area contributed by atoms with Gasteiger partial charge in [-0.05, 0) is 36.4 Å². The molecule has 124 valence electrons. The first-order chi connectivity index (χ1) is 11.4. The summed E-state index contributed by atoms with van der Waals surface area (Å²) < 4.78 is 27.4. The fourth-order valence-corrected chi connectivity index (χ4v) is 2.26. The third-order valence-corrected chi connectivity index (χ3v) is 3.84. The van der Waals surface area contributed by atoms with Crippen molar-refractivity contribution in [1.29, 1.82) is 5.26 Å². The first-order valence-electron chi connectivity index (χ1n) is 6.70. The van der Waals surface area contributed by atoms with Crippen molar-refractivity contribution in [2.24, 2.45) is 5.14 Å². The molecule has 0 fully saturated rings. The van der Waals surface area contributed by atoms with Gasteiger partial charge in [-0.2, -0.15) is 5.26 Å². The van der Waals surface area contributed by atoms with E-state index in [1.165, 1.54) is 36.7 Å². The lowest BCUT2D eigenvalue weighted by Crippen LogP contribution is -2.17. The smallest absolute Gasteiger partial charge is 0.267 e. The molecule has 0 saturated heterocycles. The number of anilines is 1. The van der Waals surface area contributed by atoms with Gasteiger partial charge in [-0.15, -0.1) is 0 Å². The first kappa shape index (κ1) is 17.3. The number of benzene rings is 1. The molecule has 0 aliphatic heterocycles. The molecule has 0 spiro atoms.